The number of hydrogen-bond donors (Lipinski definition) is 2. The number of unbranched alkanes of at least 4 members (excludes halogenated alkanes) is 12. The highest BCUT2D eigenvalue weighted by Gasteiger charge is 2.18. The van der Waals surface area contributed by atoms with Crippen LogP contribution in [0.25, 0.3) is 34.2 Å². The monoisotopic (exact) mass is 651 g/mol. The van der Waals surface area contributed by atoms with Crippen molar-refractivity contribution in [2.24, 2.45) is 0 Å². The van der Waals surface area contributed by atoms with Crippen LogP contribution < -0.4 is 4.74 Å². The van der Waals surface area contributed by atoms with Crippen molar-refractivity contribution in [3.8, 4) is 45.7 Å². The molecule has 0 bridgehead atoms. The van der Waals surface area contributed by atoms with Crippen LogP contribution in [0.1, 0.15) is 119 Å². The van der Waals surface area contributed by atoms with Gasteiger partial charge in [-0.25, -0.2) is 15.0 Å². The number of aliphatic hydroxyl groups is 1. The number of aromatic nitrogens is 3. The third-order valence-electron chi connectivity index (χ3n) is 9.17. The smallest absolute Gasteiger partial charge is 0.167 e. The molecule has 0 aliphatic rings. The van der Waals surface area contributed by atoms with Crippen molar-refractivity contribution in [2.75, 3.05) is 6.61 Å². The fourth-order valence-electron chi connectivity index (χ4n) is 6.33. The van der Waals surface area contributed by atoms with Gasteiger partial charge in [0.25, 0.3) is 0 Å². The Bertz CT molecular complexity index is 1520. The molecule has 0 amide bonds. The molecule has 0 fully saturated rings. The predicted molar refractivity (Wildman–Crippen MR) is 199 cm³/mol. The first-order valence-electron chi connectivity index (χ1n) is 18.3. The number of benzene rings is 3. The van der Waals surface area contributed by atoms with Crippen LogP contribution in [0.5, 0.6) is 11.5 Å². The standard InChI is InChI=1S/C42H57N3O3/c1-6-7-8-9-10-11-12-13-14-15-16-17-18-19-34(46)29-48-35-22-25-38(39(47)28-35)42-44-40(36-23-20-30(2)26-32(36)4)43-41(45-42)37-24-21-31(3)27-33(37)5/h20-28,34,46-47H,6-19,29H2,1-5H3. The summed E-state index contributed by atoms with van der Waals surface area (Å²) >= 11 is 0. The molecule has 0 saturated carbocycles. The van der Waals surface area contributed by atoms with E-state index in [0.717, 1.165) is 41.5 Å². The van der Waals surface area contributed by atoms with Gasteiger partial charge in [-0.2, -0.15) is 0 Å². The van der Waals surface area contributed by atoms with E-state index in [-0.39, 0.29) is 12.4 Å². The molecular formula is C42H57N3O3. The van der Waals surface area contributed by atoms with Gasteiger partial charge in [-0.1, -0.05) is 138 Å². The maximum atomic E-state index is 11.1. The van der Waals surface area contributed by atoms with Gasteiger partial charge < -0.3 is 14.9 Å². The van der Waals surface area contributed by atoms with Crippen molar-refractivity contribution in [1.29, 1.82) is 0 Å². The Morgan fingerprint density at radius 3 is 1.46 bits per heavy atom. The number of phenolic OH excluding ortho intramolecular Hbond substituents is 1. The molecule has 6 heteroatoms. The zero-order valence-electron chi connectivity index (χ0n) is 30.0. The van der Waals surface area contributed by atoms with E-state index >= 15 is 0 Å². The molecule has 258 valence electrons. The van der Waals surface area contributed by atoms with Crippen LogP contribution in [0.3, 0.4) is 0 Å². The molecule has 0 aliphatic heterocycles. The van der Waals surface area contributed by atoms with Gasteiger partial charge in [-0.3, -0.25) is 0 Å². The lowest BCUT2D eigenvalue weighted by molar-refractivity contribution is 0.0973. The van der Waals surface area contributed by atoms with E-state index in [0.29, 0.717) is 28.8 Å². The number of rotatable bonds is 20. The lowest BCUT2D eigenvalue weighted by Gasteiger charge is -2.14. The lowest BCUT2D eigenvalue weighted by Crippen LogP contribution is -2.17. The van der Waals surface area contributed by atoms with Crippen LogP contribution in [0.2, 0.25) is 0 Å². The van der Waals surface area contributed by atoms with E-state index in [9.17, 15) is 10.2 Å². The second-order valence-electron chi connectivity index (χ2n) is 13.6. The van der Waals surface area contributed by atoms with E-state index < -0.39 is 6.10 Å². The third-order valence-corrected chi connectivity index (χ3v) is 9.17. The van der Waals surface area contributed by atoms with Crippen LogP contribution in [0.15, 0.2) is 54.6 Å². The van der Waals surface area contributed by atoms with Crippen molar-refractivity contribution in [1.82, 2.24) is 15.0 Å². The molecule has 3 aromatic carbocycles. The van der Waals surface area contributed by atoms with Gasteiger partial charge in [0, 0.05) is 17.2 Å². The Kier molecular flexibility index (Phi) is 14.9. The van der Waals surface area contributed by atoms with Crippen molar-refractivity contribution in [2.45, 2.75) is 131 Å². The molecular weight excluding hydrogens is 594 g/mol. The zero-order chi connectivity index (χ0) is 34.3. The average Bonchev–Trinajstić information content (AvgIpc) is 3.05. The number of hydrogen-bond acceptors (Lipinski definition) is 6. The Labute approximate surface area is 289 Å². The minimum absolute atomic E-state index is 0.0165. The van der Waals surface area contributed by atoms with Crippen LogP contribution >= 0.6 is 0 Å². The lowest BCUT2D eigenvalue weighted by atomic mass is 10.0. The number of aryl methyl sites for hydroxylation is 4. The molecule has 2 N–H and O–H groups in total. The molecule has 1 aromatic heterocycles. The largest absolute Gasteiger partial charge is 0.507 e. The summed E-state index contributed by atoms with van der Waals surface area (Å²) in [5.41, 5.74) is 6.83. The molecule has 1 unspecified atom stereocenters. The van der Waals surface area contributed by atoms with Crippen molar-refractivity contribution < 1.29 is 14.9 Å². The normalized spacial score (nSPS) is 12.0. The summed E-state index contributed by atoms with van der Waals surface area (Å²) in [7, 11) is 0. The molecule has 0 aliphatic carbocycles. The molecule has 4 aromatic rings. The second kappa shape index (κ2) is 19.3. The summed E-state index contributed by atoms with van der Waals surface area (Å²) in [6.07, 6.45) is 17.2. The predicted octanol–water partition coefficient (Wildman–Crippen LogP) is 11.0. The molecule has 1 atom stereocenters. The minimum atomic E-state index is -0.538. The highest BCUT2D eigenvalue weighted by atomic mass is 16.5. The van der Waals surface area contributed by atoms with Gasteiger partial charge >= 0.3 is 0 Å². The number of nitrogens with zero attached hydrogens (tertiary/aromatic N) is 3. The number of phenols is 1. The molecule has 0 saturated heterocycles. The SMILES string of the molecule is CCCCCCCCCCCCCCCC(O)COc1ccc(-c2nc(-c3ccc(C)cc3C)nc(-c3ccc(C)cc3C)n2)c(O)c1. The highest BCUT2D eigenvalue weighted by molar-refractivity contribution is 5.72. The highest BCUT2D eigenvalue weighted by Crippen LogP contribution is 2.34. The number of ether oxygens (including phenoxy) is 1. The first kappa shape index (κ1) is 37.1. The van der Waals surface area contributed by atoms with Gasteiger partial charge in [0.15, 0.2) is 17.5 Å². The first-order valence-corrected chi connectivity index (χ1v) is 18.3. The summed E-state index contributed by atoms with van der Waals surface area (Å²) in [4.78, 5) is 14.5. The minimum Gasteiger partial charge on any atom is -0.507 e. The van der Waals surface area contributed by atoms with Crippen LogP contribution in [-0.4, -0.2) is 37.9 Å². The number of aromatic hydroxyl groups is 1. The molecule has 0 radical (unpaired) electrons. The van der Waals surface area contributed by atoms with E-state index in [4.69, 9.17) is 19.7 Å². The summed E-state index contributed by atoms with van der Waals surface area (Å²) in [5, 5.41) is 21.6. The third kappa shape index (κ3) is 11.4. The molecule has 0 spiro atoms. The van der Waals surface area contributed by atoms with E-state index in [1.54, 1.807) is 18.2 Å². The van der Waals surface area contributed by atoms with E-state index in [1.807, 2.05) is 12.1 Å². The summed E-state index contributed by atoms with van der Waals surface area (Å²) < 4.78 is 5.88. The molecule has 4 rings (SSSR count). The van der Waals surface area contributed by atoms with Crippen molar-refractivity contribution in [3.05, 3.63) is 76.9 Å². The maximum Gasteiger partial charge on any atom is 0.167 e. The van der Waals surface area contributed by atoms with Gasteiger partial charge in [-0.15, -0.1) is 0 Å². The fraction of sp³-hybridized carbons (Fsp3) is 0.500. The first-order chi connectivity index (χ1) is 23.2. The van der Waals surface area contributed by atoms with Gasteiger partial charge in [-0.05, 0) is 57.4 Å². The van der Waals surface area contributed by atoms with Gasteiger partial charge in [0.2, 0.25) is 0 Å². The zero-order valence-corrected chi connectivity index (χ0v) is 30.0. The number of aliphatic hydroxyl groups excluding tert-OH is 1. The van der Waals surface area contributed by atoms with Gasteiger partial charge in [0.05, 0.1) is 11.7 Å². The second-order valence-corrected chi connectivity index (χ2v) is 13.6. The van der Waals surface area contributed by atoms with Crippen molar-refractivity contribution in [3.63, 3.8) is 0 Å². The Hall–Kier alpha value is -3.77. The van der Waals surface area contributed by atoms with Crippen LogP contribution in [0, 0.1) is 27.7 Å². The van der Waals surface area contributed by atoms with Crippen LogP contribution in [0.4, 0.5) is 0 Å². The van der Waals surface area contributed by atoms with Crippen molar-refractivity contribution >= 4 is 0 Å². The van der Waals surface area contributed by atoms with E-state index in [2.05, 4.69) is 58.9 Å². The summed E-state index contributed by atoms with van der Waals surface area (Å²) in [5.74, 6) is 2.02. The quantitative estimate of drug-likeness (QED) is 0.0925. The topological polar surface area (TPSA) is 88.4 Å². The Morgan fingerprint density at radius 1 is 0.562 bits per heavy atom. The van der Waals surface area contributed by atoms with E-state index in [1.165, 1.54) is 81.8 Å². The Morgan fingerprint density at radius 2 is 1.00 bits per heavy atom. The summed E-state index contributed by atoms with van der Waals surface area (Å²) in [6, 6.07) is 17.6. The Balaban J connectivity index is 1.31. The maximum absolute atomic E-state index is 11.1. The molecule has 1 heterocycles. The molecule has 6 nitrogen and oxygen atoms in total. The fourth-order valence-corrected chi connectivity index (χ4v) is 6.33. The molecule has 48 heavy (non-hydrogen) atoms. The average molecular weight is 652 g/mol. The van der Waals surface area contributed by atoms with Gasteiger partial charge in [0.1, 0.15) is 18.1 Å². The summed E-state index contributed by atoms with van der Waals surface area (Å²) in [6.45, 7) is 10.7. The van der Waals surface area contributed by atoms with Crippen LogP contribution in [-0.2, 0) is 0 Å².